The van der Waals surface area contributed by atoms with Crippen LogP contribution in [0.2, 0.25) is 0 Å². The number of nitrogens with one attached hydrogen (secondary N) is 3. The maximum absolute atomic E-state index is 12.3. The van der Waals surface area contributed by atoms with E-state index in [0.29, 0.717) is 17.2 Å². The predicted molar refractivity (Wildman–Crippen MR) is 102 cm³/mol. The number of aromatic nitrogens is 2. The summed E-state index contributed by atoms with van der Waals surface area (Å²) in [6.07, 6.45) is 1.79. The Hall–Kier alpha value is -3.48. The summed E-state index contributed by atoms with van der Waals surface area (Å²) in [5, 5.41) is 6.86. The van der Waals surface area contributed by atoms with Crippen LogP contribution in [0.25, 0.3) is 10.8 Å². The van der Waals surface area contributed by atoms with Crippen LogP contribution in [0.3, 0.4) is 0 Å². The molecular weight excluding hydrogens is 344 g/mol. The van der Waals surface area contributed by atoms with Crippen molar-refractivity contribution in [3.63, 3.8) is 0 Å². The average Bonchev–Trinajstić information content (AvgIpc) is 2.71. The maximum Gasteiger partial charge on any atom is 0.290 e. The topological polar surface area (TPSA) is 104 Å². The number of hydrazine groups is 1. The molecule has 0 aliphatic rings. The standard InChI is InChI=1S/C20H20N4O3/c1-2-13-7-9-14(10-8-13)11-12-17(25)21-24-20(27)18-15-5-3-4-6-16(15)19(26)23-22-18/h3-10H,2,11-12H2,1H3,(H,21,25)(H,23,26)(H,24,27). The molecule has 0 spiro atoms. The van der Waals surface area contributed by atoms with Crippen molar-refractivity contribution in [1.82, 2.24) is 21.0 Å². The third-order valence-corrected chi connectivity index (χ3v) is 4.30. The van der Waals surface area contributed by atoms with Crippen molar-refractivity contribution >= 4 is 22.6 Å². The fourth-order valence-electron chi connectivity index (χ4n) is 2.74. The molecule has 0 saturated heterocycles. The smallest absolute Gasteiger partial charge is 0.273 e. The molecule has 27 heavy (non-hydrogen) atoms. The van der Waals surface area contributed by atoms with Gasteiger partial charge in [-0.25, -0.2) is 5.10 Å². The van der Waals surface area contributed by atoms with Gasteiger partial charge >= 0.3 is 0 Å². The summed E-state index contributed by atoms with van der Waals surface area (Å²) < 4.78 is 0. The van der Waals surface area contributed by atoms with Crippen molar-refractivity contribution in [2.75, 3.05) is 0 Å². The first kappa shape index (κ1) is 18.3. The Morgan fingerprint density at radius 2 is 1.63 bits per heavy atom. The fraction of sp³-hybridized carbons (Fsp3) is 0.200. The molecule has 3 rings (SSSR count). The molecule has 0 aliphatic heterocycles. The Bertz CT molecular complexity index is 1030. The highest BCUT2D eigenvalue weighted by Gasteiger charge is 2.14. The van der Waals surface area contributed by atoms with Gasteiger partial charge in [0, 0.05) is 11.8 Å². The largest absolute Gasteiger partial charge is 0.290 e. The summed E-state index contributed by atoms with van der Waals surface area (Å²) in [4.78, 5) is 36.1. The molecule has 0 radical (unpaired) electrons. The Balaban J connectivity index is 1.58. The van der Waals surface area contributed by atoms with E-state index in [0.717, 1.165) is 12.0 Å². The van der Waals surface area contributed by atoms with E-state index in [1.165, 1.54) is 5.56 Å². The summed E-state index contributed by atoms with van der Waals surface area (Å²) in [5.74, 6) is -0.903. The molecule has 7 nitrogen and oxygen atoms in total. The van der Waals surface area contributed by atoms with Crippen LogP contribution in [0.15, 0.2) is 53.3 Å². The molecular formula is C20H20N4O3. The first-order valence-corrected chi connectivity index (χ1v) is 8.73. The Labute approximate surface area is 155 Å². The lowest BCUT2D eigenvalue weighted by atomic mass is 10.1. The summed E-state index contributed by atoms with van der Waals surface area (Å²) in [6, 6.07) is 14.7. The van der Waals surface area contributed by atoms with Gasteiger partial charge in [-0.15, -0.1) is 0 Å². The third-order valence-electron chi connectivity index (χ3n) is 4.30. The molecule has 3 aromatic rings. The Morgan fingerprint density at radius 1 is 0.963 bits per heavy atom. The molecule has 0 saturated carbocycles. The van der Waals surface area contributed by atoms with Gasteiger partial charge in [-0.05, 0) is 30.0 Å². The average molecular weight is 364 g/mol. The second-order valence-electron chi connectivity index (χ2n) is 6.12. The monoisotopic (exact) mass is 364 g/mol. The number of carbonyl (C=O) groups is 2. The van der Waals surface area contributed by atoms with Crippen molar-refractivity contribution in [3.8, 4) is 0 Å². The van der Waals surface area contributed by atoms with E-state index in [4.69, 9.17) is 0 Å². The van der Waals surface area contributed by atoms with E-state index in [1.54, 1.807) is 24.3 Å². The summed E-state index contributed by atoms with van der Waals surface area (Å²) in [7, 11) is 0. The van der Waals surface area contributed by atoms with E-state index < -0.39 is 5.91 Å². The molecule has 2 amide bonds. The number of rotatable bonds is 5. The van der Waals surface area contributed by atoms with Gasteiger partial charge in [0.1, 0.15) is 0 Å². The highest BCUT2D eigenvalue weighted by molar-refractivity contribution is 6.05. The van der Waals surface area contributed by atoms with Crippen LogP contribution in [-0.4, -0.2) is 22.0 Å². The van der Waals surface area contributed by atoms with Crippen molar-refractivity contribution in [2.24, 2.45) is 0 Å². The van der Waals surface area contributed by atoms with Crippen LogP contribution in [0.5, 0.6) is 0 Å². The van der Waals surface area contributed by atoms with Gasteiger partial charge in [0.25, 0.3) is 11.5 Å². The molecule has 7 heteroatoms. The van der Waals surface area contributed by atoms with Gasteiger partial charge in [-0.3, -0.25) is 25.2 Å². The molecule has 0 aliphatic carbocycles. The number of amides is 2. The summed E-state index contributed by atoms with van der Waals surface area (Å²) >= 11 is 0. The van der Waals surface area contributed by atoms with Crippen LogP contribution < -0.4 is 16.4 Å². The molecule has 138 valence electrons. The number of aryl methyl sites for hydroxylation is 2. The molecule has 3 N–H and O–H groups in total. The van der Waals surface area contributed by atoms with E-state index in [1.807, 2.05) is 24.3 Å². The lowest BCUT2D eigenvalue weighted by Crippen LogP contribution is -2.42. The number of H-pyrrole nitrogens is 1. The number of nitrogens with zero attached hydrogens (tertiary/aromatic N) is 1. The molecule has 2 aromatic carbocycles. The minimum atomic E-state index is -0.594. The number of benzene rings is 2. The molecule has 0 bridgehead atoms. The lowest BCUT2D eigenvalue weighted by molar-refractivity contribution is -0.121. The number of carbonyl (C=O) groups excluding carboxylic acids is 2. The normalized spacial score (nSPS) is 10.6. The minimum Gasteiger partial charge on any atom is -0.273 e. The van der Waals surface area contributed by atoms with Crippen molar-refractivity contribution < 1.29 is 9.59 Å². The minimum absolute atomic E-state index is 0.0423. The van der Waals surface area contributed by atoms with Crippen LogP contribution >= 0.6 is 0 Å². The quantitative estimate of drug-likeness (QED) is 0.601. The second kappa shape index (κ2) is 8.27. The molecule has 0 atom stereocenters. The zero-order valence-corrected chi connectivity index (χ0v) is 14.9. The molecule has 1 aromatic heterocycles. The van der Waals surface area contributed by atoms with Gasteiger partial charge < -0.3 is 0 Å². The first-order valence-electron chi connectivity index (χ1n) is 8.73. The van der Waals surface area contributed by atoms with Gasteiger partial charge in [-0.2, -0.15) is 5.10 Å². The van der Waals surface area contributed by atoms with Crippen LogP contribution in [0, 0.1) is 0 Å². The molecule has 0 fully saturated rings. The second-order valence-corrected chi connectivity index (χ2v) is 6.12. The van der Waals surface area contributed by atoms with Crippen molar-refractivity contribution in [1.29, 1.82) is 0 Å². The molecule has 1 heterocycles. The van der Waals surface area contributed by atoms with Gasteiger partial charge in [0.2, 0.25) is 5.91 Å². The van der Waals surface area contributed by atoms with Crippen LogP contribution in [0.1, 0.15) is 35.0 Å². The highest BCUT2D eigenvalue weighted by Crippen LogP contribution is 2.12. The van der Waals surface area contributed by atoms with Gasteiger partial charge in [0.15, 0.2) is 5.69 Å². The lowest BCUT2D eigenvalue weighted by Gasteiger charge is -2.08. The highest BCUT2D eigenvalue weighted by atomic mass is 16.2. The first-order chi connectivity index (χ1) is 13.1. The Morgan fingerprint density at radius 3 is 2.33 bits per heavy atom. The Kier molecular flexibility index (Phi) is 5.61. The van der Waals surface area contributed by atoms with Crippen molar-refractivity contribution in [2.45, 2.75) is 26.2 Å². The summed E-state index contributed by atoms with van der Waals surface area (Å²) in [6.45, 7) is 2.09. The van der Waals surface area contributed by atoms with E-state index >= 15 is 0 Å². The fourth-order valence-corrected chi connectivity index (χ4v) is 2.74. The third kappa shape index (κ3) is 4.38. The summed E-state index contributed by atoms with van der Waals surface area (Å²) in [5.41, 5.74) is 6.70. The maximum atomic E-state index is 12.3. The van der Waals surface area contributed by atoms with Crippen LogP contribution in [-0.2, 0) is 17.6 Å². The van der Waals surface area contributed by atoms with Crippen LogP contribution in [0.4, 0.5) is 0 Å². The zero-order valence-electron chi connectivity index (χ0n) is 14.9. The van der Waals surface area contributed by atoms with Gasteiger partial charge in [-0.1, -0.05) is 49.4 Å². The van der Waals surface area contributed by atoms with E-state index in [9.17, 15) is 14.4 Å². The van der Waals surface area contributed by atoms with Crippen molar-refractivity contribution in [3.05, 3.63) is 75.7 Å². The predicted octanol–water partition coefficient (Wildman–Crippen LogP) is 1.88. The number of aromatic amines is 1. The van der Waals surface area contributed by atoms with E-state index in [2.05, 4.69) is 28.0 Å². The number of hydrogen-bond donors (Lipinski definition) is 3. The van der Waals surface area contributed by atoms with Gasteiger partial charge in [0.05, 0.1) is 5.39 Å². The molecule has 0 unspecified atom stereocenters. The number of hydrogen-bond acceptors (Lipinski definition) is 4. The zero-order chi connectivity index (χ0) is 19.2. The number of fused-ring (bicyclic) bond motifs is 1. The van der Waals surface area contributed by atoms with E-state index in [-0.39, 0.29) is 23.6 Å². The SMILES string of the molecule is CCc1ccc(CCC(=O)NNC(=O)c2n[nH]c(=O)c3ccccc23)cc1.